The van der Waals surface area contributed by atoms with Gasteiger partial charge in [-0.1, -0.05) is 0 Å². The van der Waals surface area contributed by atoms with Crippen LogP contribution < -0.4 is 10.0 Å². The highest BCUT2D eigenvalue weighted by atomic mass is 32.2. The molecular formula is C18H25N5O3S. The Morgan fingerprint density at radius 1 is 1.30 bits per heavy atom. The zero-order valence-electron chi connectivity index (χ0n) is 15.7. The summed E-state index contributed by atoms with van der Waals surface area (Å²) in [4.78, 5) is 19.4. The Kier molecular flexibility index (Phi) is 5.64. The summed E-state index contributed by atoms with van der Waals surface area (Å²) in [5.41, 5.74) is 0.458. The molecule has 2 heterocycles. The molecule has 0 aliphatic carbocycles. The van der Waals surface area contributed by atoms with E-state index in [4.69, 9.17) is 0 Å². The molecule has 1 aromatic carbocycles. The van der Waals surface area contributed by atoms with E-state index in [1.165, 1.54) is 12.1 Å². The SMILES string of the molecule is CC(C)NS(=O)(=O)c1ccc(C(=O)N2CCNCC2c2nccn2C)cc1. The van der Waals surface area contributed by atoms with E-state index in [1.54, 1.807) is 37.1 Å². The maximum atomic E-state index is 13.1. The molecular weight excluding hydrogens is 366 g/mol. The van der Waals surface area contributed by atoms with E-state index in [9.17, 15) is 13.2 Å². The number of nitrogens with one attached hydrogen (secondary N) is 2. The van der Waals surface area contributed by atoms with E-state index >= 15 is 0 Å². The number of sulfonamides is 1. The minimum absolute atomic E-state index is 0.134. The average Bonchev–Trinajstić information content (AvgIpc) is 3.06. The van der Waals surface area contributed by atoms with Crippen LogP contribution in [0.2, 0.25) is 0 Å². The van der Waals surface area contributed by atoms with Crippen molar-refractivity contribution in [1.29, 1.82) is 0 Å². The molecule has 0 bridgehead atoms. The van der Waals surface area contributed by atoms with E-state index in [1.807, 2.05) is 17.8 Å². The van der Waals surface area contributed by atoms with Crippen molar-refractivity contribution in [2.75, 3.05) is 19.6 Å². The lowest BCUT2D eigenvalue weighted by Gasteiger charge is -2.35. The van der Waals surface area contributed by atoms with Crippen molar-refractivity contribution < 1.29 is 13.2 Å². The number of hydrogen-bond acceptors (Lipinski definition) is 5. The third-order valence-corrected chi connectivity index (χ3v) is 6.14. The van der Waals surface area contributed by atoms with Gasteiger partial charge in [-0.25, -0.2) is 18.1 Å². The van der Waals surface area contributed by atoms with Gasteiger partial charge < -0.3 is 14.8 Å². The van der Waals surface area contributed by atoms with Gasteiger partial charge in [0.2, 0.25) is 10.0 Å². The van der Waals surface area contributed by atoms with Crippen LogP contribution in [0.15, 0.2) is 41.6 Å². The number of rotatable bonds is 5. The maximum absolute atomic E-state index is 13.1. The predicted molar refractivity (Wildman–Crippen MR) is 102 cm³/mol. The first-order valence-electron chi connectivity index (χ1n) is 8.91. The van der Waals surface area contributed by atoms with Crippen LogP contribution in [-0.2, 0) is 17.1 Å². The number of hydrogen-bond donors (Lipinski definition) is 2. The normalized spacial score (nSPS) is 18.1. The Morgan fingerprint density at radius 3 is 2.59 bits per heavy atom. The smallest absolute Gasteiger partial charge is 0.254 e. The highest BCUT2D eigenvalue weighted by Crippen LogP contribution is 2.23. The lowest BCUT2D eigenvalue weighted by Crippen LogP contribution is -2.49. The summed E-state index contributed by atoms with van der Waals surface area (Å²) in [6.07, 6.45) is 3.57. The number of aromatic nitrogens is 2. The second kappa shape index (κ2) is 7.79. The molecule has 0 saturated carbocycles. The molecule has 0 radical (unpaired) electrons. The van der Waals surface area contributed by atoms with Crippen molar-refractivity contribution in [2.45, 2.75) is 30.8 Å². The number of carbonyl (C=O) groups is 1. The molecule has 1 aliphatic rings. The van der Waals surface area contributed by atoms with Crippen molar-refractivity contribution in [2.24, 2.45) is 7.05 Å². The van der Waals surface area contributed by atoms with E-state index in [0.29, 0.717) is 25.2 Å². The molecule has 27 heavy (non-hydrogen) atoms. The van der Waals surface area contributed by atoms with E-state index in [2.05, 4.69) is 15.0 Å². The van der Waals surface area contributed by atoms with Gasteiger partial charge in [-0.3, -0.25) is 4.79 Å². The summed E-state index contributed by atoms with van der Waals surface area (Å²) < 4.78 is 28.9. The molecule has 1 aliphatic heterocycles. The Morgan fingerprint density at radius 2 is 2.00 bits per heavy atom. The van der Waals surface area contributed by atoms with Crippen molar-refractivity contribution >= 4 is 15.9 Å². The molecule has 9 heteroatoms. The fourth-order valence-electron chi connectivity index (χ4n) is 3.20. The number of carbonyl (C=O) groups excluding carboxylic acids is 1. The van der Waals surface area contributed by atoms with Crippen LogP contribution in [0.3, 0.4) is 0 Å². The van der Waals surface area contributed by atoms with Gasteiger partial charge in [-0.15, -0.1) is 0 Å². The molecule has 146 valence electrons. The summed E-state index contributed by atoms with van der Waals surface area (Å²) in [7, 11) is -1.67. The first-order valence-corrected chi connectivity index (χ1v) is 10.4. The largest absolute Gasteiger partial charge is 0.336 e. The van der Waals surface area contributed by atoms with Gasteiger partial charge >= 0.3 is 0 Å². The van der Waals surface area contributed by atoms with E-state index < -0.39 is 10.0 Å². The van der Waals surface area contributed by atoms with Gasteiger partial charge in [-0.05, 0) is 38.1 Å². The van der Waals surface area contributed by atoms with Crippen LogP contribution >= 0.6 is 0 Å². The number of benzene rings is 1. The molecule has 1 fully saturated rings. The number of imidazole rings is 1. The van der Waals surface area contributed by atoms with Crippen LogP contribution in [0.5, 0.6) is 0 Å². The van der Waals surface area contributed by atoms with Crippen molar-refractivity contribution in [3.05, 3.63) is 48.0 Å². The molecule has 8 nitrogen and oxygen atoms in total. The number of amides is 1. The number of piperazine rings is 1. The van der Waals surface area contributed by atoms with Gasteiger partial charge in [0, 0.05) is 50.7 Å². The van der Waals surface area contributed by atoms with Crippen LogP contribution in [0.1, 0.15) is 36.1 Å². The standard InChI is InChI=1S/C18H25N5O3S/c1-13(2)21-27(25,26)15-6-4-14(5-7-15)18(24)23-11-8-19-12-16(23)17-20-9-10-22(17)3/h4-7,9-10,13,16,19,21H,8,11-12H2,1-3H3. The van der Waals surface area contributed by atoms with Crippen LogP contribution in [0.4, 0.5) is 0 Å². The van der Waals surface area contributed by atoms with E-state index in [-0.39, 0.29) is 22.9 Å². The lowest BCUT2D eigenvalue weighted by atomic mass is 10.1. The molecule has 2 aromatic rings. The Balaban J connectivity index is 1.83. The Labute approximate surface area is 159 Å². The maximum Gasteiger partial charge on any atom is 0.254 e. The Hall–Kier alpha value is -2.23. The third kappa shape index (κ3) is 4.20. The van der Waals surface area contributed by atoms with Crippen molar-refractivity contribution in [3.8, 4) is 0 Å². The van der Waals surface area contributed by atoms with E-state index in [0.717, 1.165) is 5.82 Å². The average molecular weight is 391 g/mol. The summed E-state index contributed by atoms with van der Waals surface area (Å²) >= 11 is 0. The topological polar surface area (TPSA) is 96.3 Å². The number of aryl methyl sites for hydroxylation is 1. The predicted octanol–water partition coefficient (Wildman–Crippen LogP) is 0.894. The van der Waals surface area contributed by atoms with Gasteiger partial charge in [-0.2, -0.15) is 0 Å². The first kappa shape index (κ1) is 19.5. The van der Waals surface area contributed by atoms with Crippen LogP contribution in [0, 0.1) is 0 Å². The minimum atomic E-state index is -3.58. The minimum Gasteiger partial charge on any atom is -0.336 e. The van der Waals surface area contributed by atoms with Gasteiger partial charge in [0.05, 0.1) is 4.90 Å². The number of nitrogens with zero attached hydrogens (tertiary/aromatic N) is 3. The fraction of sp³-hybridized carbons (Fsp3) is 0.444. The Bertz CT molecular complexity index is 905. The summed E-state index contributed by atoms with van der Waals surface area (Å²) in [6.45, 7) is 5.42. The molecule has 1 aromatic heterocycles. The van der Waals surface area contributed by atoms with Crippen LogP contribution in [0.25, 0.3) is 0 Å². The van der Waals surface area contributed by atoms with Crippen molar-refractivity contribution in [1.82, 2.24) is 24.5 Å². The highest BCUT2D eigenvalue weighted by molar-refractivity contribution is 7.89. The first-order chi connectivity index (χ1) is 12.8. The van der Waals surface area contributed by atoms with Gasteiger partial charge in [0.1, 0.15) is 11.9 Å². The fourth-order valence-corrected chi connectivity index (χ4v) is 4.45. The summed E-state index contributed by atoms with van der Waals surface area (Å²) in [5, 5.41) is 3.30. The third-order valence-electron chi connectivity index (χ3n) is 4.46. The zero-order chi connectivity index (χ0) is 19.6. The quantitative estimate of drug-likeness (QED) is 0.789. The highest BCUT2D eigenvalue weighted by Gasteiger charge is 2.31. The van der Waals surface area contributed by atoms with Crippen molar-refractivity contribution in [3.63, 3.8) is 0 Å². The molecule has 1 saturated heterocycles. The molecule has 1 amide bonds. The van der Waals surface area contributed by atoms with Crippen LogP contribution in [-0.4, -0.2) is 54.5 Å². The second-order valence-electron chi connectivity index (χ2n) is 6.92. The summed E-state index contributed by atoms with van der Waals surface area (Å²) in [6, 6.07) is 5.70. The monoisotopic (exact) mass is 391 g/mol. The molecule has 1 atom stereocenters. The van der Waals surface area contributed by atoms with Gasteiger partial charge in [0.15, 0.2) is 0 Å². The summed E-state index contributed by atoms with van der Waals surface area (Å²) in [5.74, 6) is 0.682. The molecule has 3 rings (SSSR count). The molecule has 0 spiro atoms. The zero-order valence-corrected chi connectivity index (χ0v) is 16.5. The lowest BCUT2D eigenvalue weighted by molar-refractivity contribution is 0.0620. The second-order valence-corrected chi connectivity index (χ2v) is 8.63. The van der Waals surface area contributed by atoms with Gasteiger partial charge in [0.25, 0.3) is 5.91 Å². The molecule has 1 unspecified atom stereocenters. The molecule has 2 N–H and O–H groups in total.